The van der Waals surface area contributed by atoms with Gasteiger partial charge in [-0.1, -0.05) is 0 Å². The summed E-state index contributed by atoms with van der Waals surface area (Å²) in [7, 11) is 0. The summed E-state index contributed by atoms with van der Waals surface area (Å²) in [6.07, 6.45) is 3.66. The van der Waals surface area contributed by atoms with Gasteiger partial charge in [0, 0.05) is 0 Å². The zero-order chi connectivity index (χ0) is 32.3. The Kier molecular flexibility index (Phi) is 11.1. The normalized spacial score (nSPS) is 14.4. The van der Waals surface area contributed by atoms with E-state index in [4.69, 9.17) is 0 Å². The third-order valence-corrected chi connectivity index (χ3v) is 18.6. The van der Waals surface area contributed by atoms with E-state index in [0.29, 0.717) is 3.63 Å². The van der Waals surface area contributed by atoms with E-state index in [1.165, 1.54) is 39.0 Å². The summed E-state index contributed by atoms with van der Waals surface area (Å²) in [5.41, 5.74) is 15.1. The third kappa shape index (κ3) is 7.34. The van der Waals surface area contributed by atoms with Gasteiger partial charge in [0.05, 0.1) is 0 Å². The zero-order valence-electron chi connectivity index (χ0n) is 29.9. The van der Waals surface area contributed by atoms with Gasteiger partial charge in [-0.3, -0.25) is 0 Å². The van der Waals surface area contributed by atoms with E-state index < -0.39 is 21.3 Å². The van der Waals surface area contributed by atoms with Crippen molar-refractivity contribution >= 4 is 3.21 Å². The molecule has 0 bridgehead atoms. The van der Waals surface area contributed by atoms with Crippen molar-refractivity contribution in [1.29, 1.82) is 0 Å². The van der Waals surface area contributed by atoms with E-state index in [1.807, 2.05) is 0 Å². The van der Waals surface area contributed by atoms with Gasteiger partial charge in [-0.05, 0) is 0 Å². The Balaban J connectivity index is 0.00000250. The summed E-state index contributed by atoms with van der Waals surface area (Å²) >= 11 is -2.84. The molecule has 0 amide bonds. The maximum absolute atomic E-state index is 2.84. The molecule has 0 radical (unpaired) electrons. The molecule has 6 rings (SSSR count). The molecular formula is C44H50Cl2Zr. The van der Waals surface area contributed by atoms with Gasteiger partial charge < -0.3 is 24.8 Å². The summed E-state index contributed by atoms with van der Waals surface area (Å²) in [5, 5.41) is 0. The quantitative estimate of drug-likeness (QED) is 0.245. The molecule has 0 unspecified atom stereocenters. The number of hydrogen-bond donors (Lipinski definition) is 0. The fourth-order valence-corrected chi connectivity index (χ4v) is 16.7. The van der Waals surface area contributed by atoms with Crippen molar-refractivity contribution in [2.24, 2.45) is 5.41 Å². The number of halogens is 2. The first-order valence-electron chi connectivity index (χ1n) is 16.7. The third-order valence-electron chi connectivity index (χ3n) is 9.95. The van der Waals surface area contributed by atoms with Gasteiger partial charge in [-0.2, -0.15) is 0 Å². The van der Waals surface area contributed by atoms with Crippen LogP contribution in [0, 0.1) is 5.41 Å². The van der Waals surface area contributed by atoms with Crippen LogP contribution in [0.25, 0.3) is 11.1 Å². The summed E-state index contributed by atoms with van der Waals surface area (Å²) in [6, 6.07) is 37.7. The van der Waals surface area contributed by atoms with Gasteiger partial charge in [0.2, 0.25) is 0 Å². The molecule has 3 heteroatoms. The summed E-state index contributed by atoms with van der Waals surface area (Å²) in [5.74, 6) is 0. The van der Waals surface area contributed by atoms with Crippen LogP contribution in [0.1, 0.15) is 113 Å². The van der Waals surface area contributed by atoms with Gasteiger partial charge in [-0.15, -0.1) is 0 Å². The second kappa shape index (κ2) is 13.9. The Bertz CT molecular complexity index is 1750. The SMILES string of the molecule is CC1=[C]([Zr+2](=[C](c2ccccc2)c2ccccc2)[CH]2c3cc(C(C)(C)C)ccc3-c3ccc(C(C)(C)C)cc32)CC(C(C)(C)C)=C1.[Cl-].[Cl-]. The number of hydrogen-bond acceptors (Lipinski definition) is 0. The fourth-order valence-electron chi connectivity index (χ4n) is 7.18. The monoisotopic (exact) mass is 738 g/mol. The van der Waals surface area contributed by atoms with Crippen LogP contribution in [0.3, 0.4) is 0 Å². The van der Waals surface area contributed by atoms with Crippen molar-refractivity contribution in [1.82, 2.24) is 0 Å². The number of rotatable bonds is 4. The molecular weight excluding hydrogens is 691 g/mol. The van der Waals surface area contributed by atoms with Gasteiger partial charge in [0.25, 0.3) is 0 Å². The van der Waals surface area contributed by atoms with Crippen LogP contribution in [0.15, 0.2) is 118 Å². The summed E-state index contributed by atoms with van der Waals surface area (Å²) in [4.78, 5) is 0. The fraction of sp³-hybridized carbons (Fsp3) is 0.341. The van der Waals surface area contributed by atoms with Gasteiger partial charge in [0.1, 0.15) is 0 Å². The molecule has 47 heavy (non-hydrogen) atoms. The van der Waals surface area contributed by atoms with Crippen molar-refractivity contribution in [3.05, 3.63) is 151 Å². The minimum atomic E-state index is -2.84. The van der Waals surface area contributed by atoms with Crippen molar-refractivity contribution in [3.8, 4) is 11.1 Å². The minimum Gasteiger partial charge on any atom is -1.00 e. The predicted molar refractivity (Wildman–Crippen MR) is 192 cm³/mol. The molecule has 2 aliphatic carbocycles. The van der Waals surface area contributed by atoms with Crippen molar-refractivity contribution < 1.29 is 46.1 Å². The predicted octanol–water partition coefficient (Wildman–Crippen LogP) is 5.90. The molecule has 2 aliphatic rings. The summed E-state index contributed by atoms with van der Waals surface area (Å²) in [6.45, 7) is 23.7. The number of allylic oxidation sites excluding steroid dienone is 4. The van der Waals surface area contributed by atoms with E-state index in [1.54, 1.807) is 23.2 Å². The molecule has 244 valence electrons. The van der Waals surface area contributed by atoms with Crippen LogP contribution in [-0.2, 0) is 32.1 Å². The summed E-state index contributed by atoms with van der Waals surface area (Å²) < 4.78 is 3.79. The molecule has 0 heterocycles. The average Bonchev–Trinajstić information content (AvgIpc) is 3.53. The Hall–Kier alpha value is -2.31. The molecule has 0 nitrogen and oxygen atoms in total. The van der Waals surface area contributed by atoms with Gasteiger partial charge >= 0.3 is 282 Å². The second-order valence-corrected chi connectivity index (χ2v) is 22.5. The molecule has 0 saturated carbocycles. The minimum absolute atomic E-state index is 0. The molecule has 0 saturated heterocycles. The van der Waals surface area contributed by atoms with Crippen LogP contribution in [0.4, 0.5) is 0 Å². The Morgan fingerprint density at radius 1 is 0.574 bits per heavy atom. The molecule has 4 aromatic carbocycles. The van der Waals surface area contributed by atoms with Crippen LogP contribution in [-0.4, -0.2) is 3.21 Å². The molecule has 0 spiro atoms. The number of benzene rings is 4. The smallest absolute Gasteiger partial charge is 1.00 e. The molecule has 4 aromatic rings. The molecule has 0 aromatic heterocycles. The average molecular weight is 741 g/mol. The van der Waals surface area contributed by atoms with E-state index in [9.17, 15) is 0 Å². The topological polar surface area (TPSA) is 0 Å². The van der Waals surface area contributed by atoms with Crippen molar-refractivity contribution in [2.45, 2.75) is 90.1 Å². The van der Waals surface area contributed by atoms with Crippen LogP contribution in [0.2, 0.25) is 0 Å². The maximum Gasteiger partial charge on any atom is -1.00 e. The maximum atomic E-state index is 2.61. The first-order chi connectivity index (χ1) is 21.1. The molecule has 0 fully saturated rings. The Morgan fingerprint density at radius 2 is 1.00 bits per heavy atom. The first kappa shape index (κ1) is 37.5. The van der Waals surface area contributed by atoms with E-state index >= 15 is 0 Å². The second-order valence-electron chi connectivity index (χ2n) is 16.3. The van der Waals surface area contributed by atoms with Crippen LogP contribution in [0.5, 0.6) is 0 Å². The van der Waals surface area contributed by atoms with Crippen LogP contribution >= 0.6 is 0 Å². The Labute approximate surface area is 304 Å². The van der Waals surface area contributed by atoms with Gasteiger partial charge in [0.15, 0.2) is 0 Å². The van der Waals surface area contributed by atoms with Gasteiger partial charge in [-0.25, -0.2) is 0 Å². The molecule has 0 N–H and O–H groups in total. The standard InChI is InChI=1S/C21H25.C13H10.C10H15.2ClH.Zr/c1-20(2,3)16-7-9-18-14(12-16)11-15-13-17(21(4,5)6)8-10-19(15)18;1-3-7-12(8-4-1)11-13-9-5-2-6-10-13;1-8-5-6-9(7-8)10(2,3)4;;;/h7-13H,1-6H3;1-10H;7H,6H2,1-4H3;2*1H;/q;;;;;+2/p-2. The van der Waals surface area contributed by atoms with E-state index in [2.05, 4.69) is 172 Å². The van der Waals surface area contributed by atoms with E-state index in [0.717, 1.165) is 6.42 Å². The zero-order valence-corrected chi connectivity index (χ0v) is 33.8. The largest absolute Gasteiger partial charge is 1.00 e. The molecule has 0 atom stereocenters. The Morgan fingerprint density at radius 3 is 1.36 bits per heavy atom. The van der Waals surface area contributed by atoms with Crippen LogP contribution < -0.4 is 24.8 Å². The van der Waals surface area contributed by atoms with Crippen molar-refractivity contribution in [2.75, 3.05) is 0 Å². The first-order valence-corrected chi connectivity index (χ1v) is 20.6. The number of fused-ring (bicyclic) bond motifs is 3. The van der Waals surface area contributed by atoms with Crippen molar-refractivity contribution in [3.63, 3.8) is 0 Å². The molecule has 0 aliphatic heterocycles. The van der Waals surface area contributed by atoms with E-state index in [-0.39, 0.29) is 41.1 Å².